The van der Waals surface area contributed by atoms with E-state index < -0.39 is 0 Å². The largest absolute Gasteiger partial charge is 0.370 e. The highest BCUT2D eigenvalue weighted by Gasteiger charge is 2.15. The van der Waals surface area contributed by atoms with Crippen LogP contribution in [0.3, 0.4) is 0 Å². The van der Waals surface area contributed by atoms with E-state index >= 15 is 0 Å². The van der Waals surface area contributed by atoms with Crippen molar-refractivity contribution in [2.75, 3.05) is 6.61 Å². The minimum Gasteiger partial charge on any atom is -0.370 e. The fourth-order valence-electron chi connectivity index (χ4n) is 6.44. The number of benzene rings is 2. The highest BCUT2D eigenvalue weighted by atomic mass is 16.5. The molecule has 2 aromatic carbocycles. The lowest BCUT2D eigenvalue weighted by molar-refractivity contribution is -0.126. The maximum atomic E-state index is 12.6. The van der Waals surface area contributed by atoms with Gasteiger partial charge in [-0.15, -0.1) is 0 Å². The lowest BCUT2D eigenvalue weighted by Gasteiger charge is -2.15. The van der Waals surface area contributed by atoms with E-state index in [1.54, 1.807) is 0 Å². The molecule has 0 radical (unpaired) electrons. The predicted molar refractivity (Wildman–Crippen MR) is 201 cm³/mol. The molecule has 0 heterocycles. The fraction of sp³-hybridized carbons (Fsp3) is 0.636. The first-order valence-electron chi connectivity index (χ1n) is 19.6. The molecule has 2 aromatic rings. The summed E-state index contributed by atoms with van der Waals surface area (Å²) in [4.78, 5) is 24.9. The Balaban J connectivity index is 1.38. The van der Waals surface area contributed by atoms with Crippen molar-refractivity contribution in [1.29, 1.82) is 0 Å². The van der Waals surface area contributed by atoms with E-state index in [1.165, 1.54) is 146 Å². The number of hydrogen-bond acceptors (Lipinski definition) is 3. The smallest absolute Gasteiger partial charge is 0.193 e. The highest BCUT2D eigenvalue weighted by molar-refractivity contribution is 6.08. The summed E-state index contributed by atoms with van der Waals surface area (Å²) in [6.07, 6.45) is 33.0. The Labute approximate surface area is 289 Å². The standard InChI is InChI=1S/C44H68O3/c1-3-5-6-7-8-9-10-11-14-17-20-23-29-38-47-43(42(45)4-2)33-28-22-19-16-13-12-15-18-21-25-30-39-34-36-41(37-35-39)44(46)40-31-26-24-27-32-40/h4,24,26-27,31-32,34-37,43H,2-3,5-23,25,28-30,33,38H2,1H3. The molecule has 2 rings (SSSR count). The number of aryl methyl sites for hydroxylation is 1. The topological polar surface area (TPSA) is 43.4 Å². The molecule has 3 heteroatoms. The van der Waals surface area contributed by atoms with Gasteiger partial charge in [-0.25, -0.2) is 0 Å². The molecule has 262 valence electrons. The van der Waals surface area contributed by atoms with Gasteiger partial charge in [0.1, 0.15) is 6.10 Å². The monoisotopic (exact) mass is 645 g/mol. The molecular formula is C44H68O3. The average molecular weight is 645 g/mol. The van der Waals surface area contributed by atoms with Gasteiger partial charge in [0.05, 0.1) is 0 Å². The van der Waals surface area contributed by atoms with E-state index in [-0.39, 0.29) is 17.7 Å². The van der Waals surface area contributed by atoms with E-state index in [2.05, 4.69) is 25.6 Å². The van der Waals surface area contributed by atoms with Crippen LogP contribution in [0.4, 0.5) is 0 Å². The molecule has 3 nitrogen and oxygen atoms in total. The van der Waals surface area contributed by atoms with Crippen molar-refractivity contribution < 1.29 is 14.3 Å². The molecule has 0 aliphatic rings. The molecule has 0 amide bonds. The molecule has 0 saturated heterocycles. The average Bonchev–Trinajstić information content (AvgIpc) is 3.11. The maximum absolute atomic E-state index is 12.6. The Kier molecular flexibility index (Phi) is 24.6. The van der Waals surface area contributed by atoms with E-state index in [1.807, 2.05) is 42.5 Å². The van der Waals surface area contributed by atoms with Gasteiger partial charge in [0.2, 0.25) is 0 Å². The van der Waals surface area contributed by atoms with E-state index in [0.717, 1.165) is 36.8 Å². The van der Waals surface area contributed by atoms with Crippen LogP contribution in [0, 0.1) is 0 Å². The van der Waals surface area contributed by atoms with Gasteiger partial charge in [-0.3, -0.25) is 9.59 Å². The van der Waals surface area contributed by atoms with Gasteiger partial charge in [0.15, 0.2) is 11.6 Å². The van der Waals surface area contributed by atoms with E-state index in [0.29, 0.717) is 6.61 Å². The highest BCUT2D eigenvalue weighted by Crippen LogP contribution is 2.17. The van der Waals surface area contributed by atoms with Gasteiger partial charge in [-0.2, -0.15) is 0 Å². The predicted octanol–water partition coefficient (Wildman–Crippen LogP) is 13.0. The Morgan fingerprint density at radius 2 is 1.02 bits per heavy atom. The summed E-state index contributed by atoms with van der Waals surface area (Å²) in [5, 5.41) is 0. The molecule has 0 aliphatic carbocycles. The number of unbranched alkanes of at least 4 members (excludes halogenated alkanes) is 21. The number of carbonyl (C=O) groups excluding carboxylic acids is 2. The lowest BCUT2D eigenvalue weighted by Crippen LogP contribution is -2.23. The van der Waals surface area contributed by atoms with Crippen LogP contribution in [0.1, 0.15) is 183 Å². The normalized spacial score (nSPS) is 11.9. The van der Waals surface area contributed by atoms with Crippen molar-refractivity contribution in [3.63, 3.8) is 0 Å². The first-order valence-corrected chi connectivity index (χ1v) is 19.6. The van der Waals surface area contributed by atoms with Gasteiger partial charge in [0, 0.05) is 17.7 Å². The van der Waals surface area contributed by atoms with E-state index in [4.69, 9.17) is 4.74 Å². The van der Waals surface area contributed by atoms with Crippen LogP contribution in [0.2, 0.25) is 0 Å². The van der Waals surface area contributed by atoms with Crippen molar-refractivity contribution >= 4 is 11.6 Å². The van der Waals surface area contributed by atoms with Crippen LogP contribution >= 0.6 is 0 Å². The van der Waals surface area contributed by atoms with Crippen molar-refractivity contribution in [1.82, 2.24) is 0 Å². The molecular weight excluding hydrogens is 576 g/mol. The van der Waals surface area contributed by atoms with Crippen LogP contribution in [-0.2, 0) is 16.0 Å². The van der Waals surface area contributed by atoms with E-state index in [9.17, 15) is 9.59 Å². The molecule has 0 saturated carbocycles. The Bertz CT molecular complexity index is 1040. The zero-order chi connectivity index (χ0) is 33.6. The van der Waals surface area contributed by atoms with Crippen LogP contribution in [0.15, 0.2) is 67.3 Å². The van der Waals surface area contributed by atoms with Crippen LogP contribution in [0.5, 0.6) is 0 Å². The van der Waals surface area contributed by atoms with Crippen LogP contribution < -0.4 is 0 Å². The van der Waals surface area contributed by atoms with Crippen molar-refractivity contribution in [3.8, 4) is 0 Å². The number of carbonyl (C=O) groups is 2. The summed E-state index contributed by atoms with van der Waals surface area (Å²) in [7, 11) is 0. The second-order valence-corrected chi connectivity index (χ2v) is 13.7. The molecule has 0 bridgehead atoms. The third-order valence-electron chi connectivity index (χ3n) is 9.52. The van der Waals surface area contributed by atoms with Gasteiger partial charge < -0.3 is 4.74 Å². The second kappa shape index (κ2) is 28.5. The number of ketones is 2. The molecule has 47 heavy (non-hydrogen) atoms. The summed E-state index contributed by atoms with van der Waals surface area (Å²) < 4.78 is 6.01. The van der Waals surface area contributed by atoms with Gasteiger partial charge in [-0.05, 0) is 37.3 Å². The summed E-state index contributed by atoms with van der Waals surface area (Å²) in [6, 6.07) is 17.6. The third-order valence-corrected chi connectivity index (χ3v) is 9.52. The summed E-state index contributed by atoms with van der Waals surface area (Å²) in [6.45, 7) is 6.68. The minimum absolute atomic E-state index is 0.0508. The maximum Gasteiger partial charge on any atom is 0.193 e. The molecule has 0 aliphatic heterocycles. The summed E-state index contributed by atoms with van der Waals surface area (Å²) in [5.74, 6) is 0.142. The first-order chi connectivity index (χ1) is 23.2. The van der Waals surface area contributed by atoms with Gasteiger partial charge >= 0.3 is 0 Å². The number of hydrogen-bond donors (Lipinski definition) is 0. The Morgan fingerprint density at radius 3 is 1.53 bits per heavy atom. The lowest BCUT2D eigenvalue weighted by atomic mass is 9.99. The fourth-order valence-corrected chi connectivity index (χ4v) is 6.44. The number of ether oxygens (including phenoxy) is 1. The Hall–Kier alpha value is -2.52. The third kappa shape index (κ3) is 20.5. The molecule has 0 spiro atoms. The minimum atomic E-state index is -0.292. The quantitative estimate of drug-likeness (QED) is 0.0452. The molecule has 0 aromatic heterocycles. The molecule has 0 N–H and O–H groups in total. The van der Waals surface area contributed by atoms with Crippen LogP contribution in [0.25, 0.3) is 0 Å². The zero-order valence-corrected chi connectivity index (χ0v) is 30.2. The van der Waals surface area contributed by atoms with Crippen molar-refractivity contribution in [3.05, 3.63) is 83.9 Å². The SMILES string of the molecule is C=CC(=O)C(CCCCCCCCCCCCc1ccc(C(=O)c2ccccc2)cc1)OCCCCCCCCCCCCCCC. The van der Waals surface area contributed by atoms with Gasteiger partial charge in [0.25, 0.3) is 0 Å². The summed E-state index contributed by atoms with van der Waals surface area (Å²) >= 11 is 0. The molecule has 0 fully saturated rings. The number of rotatable bonds is 32. The molecule has 1 unspecified atom stereocenters. The Morgan fingerprint density at radius 1 is 0.574 bits per heavy atom. The second-order valence-electron chi connectivity index (χ2n) is 13.7. The van der Waals surface area contributed by atoms with Crippen molar-refractivity contribution in [2.24, 2.45) is 0 Å². The molecule has 1 atom stereocenters. The van der Waals surface area contributed by atoms with Crippen LogP contribution in [-0.4, -0.2) is 24.3 Å². The zero-order valence-electron chi connectivity index (χ0n) is 30.2. The first kappa shape index (κ1) is 40.7. The van der Waals surface area contributed by atoms with Crippen molar-refractivity contribution in [2.45, 2.75) is 174 Å². The van der Waals surface area contributed by atoms with Gasteiger partial charge in [-0.1, -0.05) is 203 Å². The summed E-state index contributed by atoms with van der Waals surface area (Å²) in [5.41, 5.74) is 2.82.